The maximum Gasteiger partial charge on any atom is 0.422 e. The normalized spacial score (nSPS) is 13.4. The minimum absolute atomic E-state index is 0.0333. The van der Waals surface area contributed by atoms with E-state index in [9.17, 15) is 36.2 Å². The van der Waals surface area contributed by atoms with E-state index in [0.717, 1.165) is 30.3 Å². The van der Waals surface area contributed by atoms with Gasteiger partial charge < -0.3 is 9.84 Å². The van der Waals surface area contributed by atoms with Crippen LogP contribution in [0.4, 0.5) is 26.3 Å². The quantitative estimate of drug-likeness (QED) is 0.438. The molecule has 170 valence electrons. The third kappa shape index (κ3) is 6.78. The standard InChI is InChI=1S/C21H19ClF6O3/c1-11(2)7-15(19(29)30)13-8-16(22)18(17(9-13)31-10-20(23,24)25)12-3-5-14(6-4-12)21(26,27)28/h3-6,8-9,11,15H,7,10H2,1-2H3,(H,29,30)/t15-/m0/s1. The van der Waals surface area contributed by atoms with Gasteiger partial charge in [-0.2, -0.15) is 26.3 Å². The number of hydrogen-bond acceptors (Lipinski definition) is 2. The van der Waals surface area contributed by atoms with Crippen LogP contribution in [0.25, 0.3) is 11.1 Å². The largest absolute Gasteiger partial charge is 0.483 e. The Hall–Kier alpha value is -2.42. The Morgan fingerprint density at radius 3 is 2.10 bits per heavy atom. The van der Waals surface area contributed by atoms with Crippen molar-refractivity contribution in [3.63, 3.8) is 0 Å². The van der Waals surface area contributed by atoms with Gasteiger partial charge in [0.05, 0.1) is 16.5 Å². The zero-order valence-corrected chi connectivity index (χ0v) is 17.2. The molecular formula is C21H19ClF6O3. The van der Waals surface area contributed by atoms with E-state index in [1.54, 1.807) is 13.8 Å². The first-order valence-electron chi connectivity index (χ1n) is 9.12. The Morgan fingerprint density at radius 2 is 1.65 bits per heavy atom. The van der Waals surface area contributed by atoms with Crippen molar-refractivity contribution in [3.8, 4) is 16.9 Å². The second kappa shape index (κ2) is 9.38. The van der Waals surface area contributed by atoms with Crippen LogP contribution in [-0.2, 0) is 11.0 Å². The topological polar surface area (TPSA) is 46.5 Å². The monoisotopic (exact) mass is 468 g/mol. The summed E-state index contributed by atoms with van der Waals surface area (Å²) in [7, 11) is 0. The molecule has 0 heterocycles. The molecule has 0 aromatic heterocycles. The molecule has 3 nitrogen and oxygen atoms in total. The van der Waals surface area contributed by atoms with Gasteiger partial charge >= 0.3 is 18.3 Å². The number of ether oxygens (including phenoxy) is 1. The molecule has 1 N–H and O–H groups in total. The molecular weight excluding hydrogens is 450 g/mol. The highest BCUT2D eigenvalue weighted by molar-refractivity contribution is 6.33. The Bertz CT molecular complexity index is 920. The van der Waals surface area contributed by atoms with Crippen LogP contribution in [0.3, 0.4) is 0 Å². The second-order valence-corrected chi connectivity index (χ2v) is 7.78. The molecule has 1 atom stereocenters. The summed E-state index contributed by atoms with van der Waals surface area (Å²) in [5.74, 6) is -2.63. The van der Waals surface area contributed by atoms with Gasteiger partial charge in [-0.25, -0.2) is 0 Å². The summed E-state index contributed by atoms with van der Waals surface area (Å²) < 4.78 is 81.6. The molecule has 2 aromatic rings. The number of rotatable bonds is 7. The van der Waals surface area contributed by atoms with E-state index in [2.05, 4.69) is 0 Å². The van der Waals surface area contributed by atoms with Crippen molar-refractivity contribution < 1.29 is 41.0 Å². The minimum atomic E-state index is -4.69. The molecule has 0 saturated heterocycles. The molecule has 0 bridgehead atoms. The van der Waals surface area contributed by atoms with Crippen LogP contribution >= 0.6 is 11.6 Å². The zero-order chi connectivity index (χ0) is 23.6. The molecule has 0 unspecified atom stereocenters. The van der Waals surface area contributed by atoms with Gasteiger partial charge in [-0.3, -0.25) is 4.79 Å². The third-order valence-corrected chi connectivity index (χ3v) is 4.67. The molecule has 0 aliphatic heterocycles. The predicted molar refractivity (Wildman–Crippen MR) is 103 cm³/mol. The summed E-state index contributed by atoms with van der Waals surface area (Å²) >= 11 is 6.26. The summed E-state index contributed by atoms with van der Waals surface area (Å²) in [5, 5.41) is 9.40. The first-order valence-corrected chi connectivity index (χ1v) is 9.50. The maximum absolute atomic E-state index is 12.8. The van der Waals surface area contributed by atoms with E-state index in [0.29, 0.717) is 0 Å². The van der Waals surface area contributed by atoms with E-state index in [1.807, 2.05) is 0 Å². The number of carboxylic acids is 1. The number of alkyl halides is 6. The number of carbonyl (C=O) groups is 1. The van der Waals surface area contributed by atoms with Gasteiger partial charge in [0.15, 0.2) is 6.61 Å². The lowest BCUT2D eigenvalue weighted by Gasteiger charge is -2.20. The van der Waals surface area contributed by atoms with E-state index < -0.39 is 36.4 Å². The van der Waals surface area contributed by atoms with Gasteiger partial charge in [0.25, 0.3) is 0 Å². The number of hydrogen-bond donors (Lipinski definition) is 1. The highest BCUT2D eigenvalue weighted by Crippen LogP contribution is 2.42. The second-order valence-electron chi connectivity index (χ2n) is 7.38. The lowest BCUT2D eigenvalue weighted by atomic mass is 9.89. The zero-order valence-electron chi connectivity index (χ0n) is 16.4. The highest BCUT2D eigenvalue weighted by Gasteiger charge is 2.32. The van der Waals surface area contributed by atoms with Crippen molar-refractivity contribution in [2.24, 2.45) is 5.92 Å². The fraction of sp³-hybridized carbons (Fsp3) is 0.381. The summed E-state index contributed by atoms with van der Waals surface area (Å²) in [4.78, 5) is 11.7. The van der Waals surface area contributed by atoms with E-state index in [4.69, 9.17) is 16.3 Å². The number of aliphatic carboxylic acids is 1. The minimum Gasteiger partial charge on any atom is -0.483 e. The maximum atomic E-state index is 12.8. The van der Waals surface area contributed by atoms with Gasteiger partial charge in [-0.15, -0.1) is 0 Å². The Morgan fingerprint density at radius 1 is 1.06 bits per heavy atom. The Labute approximate surface area is 179 Å². The van der Waals surface area contributed by atoms with Gasteiger partial charge in [-0.05, 0) is 47.7 Å². The van der Waals surface area contributed by atoms with E-state index in [1.165, 1.54) is 6.07 Å². The summed E-state index contributed by atoms with van der Waals surface area (Å²) in [6.07, 6.45) is -9.08. The van der Waals surface area contributed by atoms with Crippen molar-refractivity contribution in [2.75, 3.05) is 6.61 Å². The average molecular weight is 469 g/mol. The van der Waals surface area contributed by atoms with Gasteiger partial charge in [0, 0.05) is 5.56 Å². The Balaban J connectivity index is 2.59. The van der Waals surface area contributed by atoms with Crippen LogP contribution in [0, 0.1) is 5.92 Å². The van der Waals surface area contributed by atoms with Crippen molar-refractivity contribution in [1.29, 1.82) is 0 Å². The lowest BCUT2D eigenvalue weighted by molar-refractivity contribution is -0.153. The third-order valence-electron chi connectivity index (χ3n) is 4.38. The van der Waals surface area contributed by atoms with Crippen LogP contribution in [0.5, 0.6) is 5.75 Å². The molecule has 0 spiro atoms. The molecule has 0 aliphatic carbocycles. The van der Waals surface area contributed by atoms with Crippen molar-refractivity contribution >= 4 is 17.6 Å². The van der Waals surface area contributed by atoms with Gasteiger partial charge in [0.1, 0.15) is 5.75 Å². The highest BCUT2D eigenvalue weighted by atomic mass is 35.5. The summed E-state index contributed by atoms with van der Waals surface area (Å²) in [5.41, 5.74) is -0.766. The summed E-state index contributed by atoms with van der Waals surface area (Å²) in [6, 6.07) is 6.10. The molecule has 31 heavy (non-hydrogen) atoms. The smallest absolute Gasteiger partial charge is 0.422 e. The SMILES string of the molecule is CC(C)C[C@H](C(=O)O)c1cc(Cl)c(-c2ccc(C(F)(F)F)cc2)c(OCC(F)(F)F)c1. The molecule has 2 aromatic carbocycles. The molecule has 10 heteroatoms. The fourth-order valence-corrected chi connectivity index (χ4v) is 3.36. The first kappa shape index (κ1) is 24.8. The van der Waals surface area contributed by atoms with Crippen LogP contribution in [-0.4, -0.2) is 23.9 Å². The molecule has 0 fully saturated rings. The molecule has 0 radical (unpaired) electrons. The number of carboxylic acid groups (broad SMARTS) is 1. The van der Waals surface area contributed by atoms with Crippen molar-refractivity contribution in [3.05, 3.63) is 52.5 Å². The van der Waals surface area contributed by atoms with Crippen LogP contribution < -0.4 is 4.74 Å². The molecule has 0 saturated carbocycles. The van der Waals surface area contributed by atoms with E-state index in [-0.39, 0.29) is 39.8 Å². The number of benzene rings is 2. The van der Waals surface area contributed by atoms with Gasteiger partial charge in [0.2, 0.25) is 0 Å². The molecule has 0 aliphatic rings. The number of halogens is 7. The van der Waals surface area contributed by atoms with Crippen LogP contribution in [0.2, 0.25) is 5.02 Å². The summed E-state index contributed by atoms with van der Waals surface area (Å²) in [6.45, 7) is 1.90. The average Bonchev–Trinajstić information content (AvgIpc) is 2.62. The van der Waals surface area contributed by atoms with Crippen molar-refractivity contribution in [1.82, 2.24) is 0 Å². The van der Waals surface area contributed by atoms with Crippen LogP contribution in [0.1, 0.15) is 37.3 Å². The lowest BCUT2D eigenvalue weighted by Crippen LogP contribution is -2.20. The Kier molecular flexibility index (Phi) is 7.52. The molecule has 0 amide bonds. The molecule has 2 rings (SSSR count). The fourth-order valence-electron chi connectivity index (χ4n) is 3.03. The van der Waals surface area contributed by atoms with Crippen LogP contribution in [0.15, 0.2) is 36.4 Å². The van der Waals surface area contributed by atoms with Crippen molar-refractivity contribution in [2.45, 2.75) is 38.5 Å². The predicted octanol–water partition coefficient (Wildman–Crippen LogP) is 7.18. The first-order chi connectivity index (χ1) is 14.2. The van der Waals surface area contributed by atoms with Gasteiger partial charge in [-0.1, -0.05) is 37.6 Å². The van der Waals surface area contributed by atoms with E-state index >= 15 is 0 Å².